The first-order chi connectivity index (χ1) is 13.2. The van der Waals surface area contributed by atoms with Gasteiger partial charge in [-0.2, -0.15) is 0 Å². The van der Waals surface area contributed by atoms with E-state index in [0.29, 0.717) is 0 Å². The maximum atomic E-state index is 4.85. The highest BCUT2D eigenvalue weighted by molar-refractivity contribution is 5.86. The molecule has 0 amide bonds. The molecule has 4 aromatic rings. The summed E-state index contributed by atoms with van der Waals surface area (Å²) in [4.78, 5) is 15.1. The quantitative estimate of drug-likeness (QED) is 0.576. The Morgan fingerprint density at radius 3 is 2.74 bits per heavy atom. The van der Waals surface area contributed by atoms with Crippen LogP contribution in [-0.2, 0) is 6.42 Å². The summed E-state index contributed by atoms with van der Waals surface area (Å²) in [7, 11) is 2.19. The molecule has 134 valence electrons. The monoisotopic (exact) mass is 354 g/mol. The molecule has 27 heavy (non-hydrogen) atoms. The van der Waals surface area contributed by atoms with Gasteiger partial charge in [0, 0.05) is 64.8 Å². The van der Waals surface area contributed by atoms with Gasteiger partial charge >= 0.3 is 0 Å². The lowest BCUT2D eigenvalue weighted by Crippen LogP contribution is -2.33. The highest BCUT2D eigenvalue weighted by atomic mass is 15.2. The third-order valence-corrected chi connectivity index (χ3v) is 5.57. The minimum Gasteiger partial charge on any atom is -0.358 e. The number of aromatic nitrogens is 3. The van der Waals surface area contributed by atoms with Crippen LogP contribution < -0.4 is 0 Å². The van der Waals surface area contributed by atoms with Gasteiger partial charge in [0.2, 0.25) is 0 Å². The van der Waals surface area contributed by atoms with Crippen molar-refractivity contribution in [3.63, 3.8) is 0 Å². The predicted molar refractivity (Wildman–Crippen MR) is 109 cm³/mol. The zero-order valence-corrected chi connectivity index (χ0v) is 15.6. The van der Waals surface area contributed by atoms with Gasteiger partial charge in [-0.05, 0) is 38.2 Å². The van der Waals surface area contributed by atoms with Crippen LogP contribution in [0.5, 0.6) is 0 Å². The fraction of sp³-hybridized carbons (Fsp3) is 0.217. The number of nitrogens with zero attached hydrogens (tertiary/aromatic N) is 3. The van der Waals surface area contributed by atoms with Gasteiger partial charge in [-0.3, -0.25) is 14.9 Å². The number of H-pyrrole nitrogens is 1. The van der Waals surface area contributed by atoms with E-state index < -0.39 is 0 Å². The predicted octanol–water partition coefficient (Wildman–Crippen LogP) is 4.51. The van der Waals surface area contributed by atoms with Crippen molar-refractivity contribution < 1.29 is 0 Å². The van der Waals surface area contributed by atoms with Crippen LogP contribution in [0.1, 0.15) is 28.6 Å². The molecule has 1 aromatic carbocycles. The molecule has 4 nitrogen and oxygen atoms in total. The maximum absolute atomic E-state index is 4.85. The molecule has 0 bridgehead atoms. The van der Waals surface area contributed by atoms with E-state index in [9.17, 15) is 0 Å². The zero-order chi connectivity index (χ0) is 18.4. The van der Waals surface area contributed by atoms with Gasteiger partial charge in [0.05, 0.1) is 11.7 Å². The lowest BCUT2D eigenvalue weighted by Gasteiger charge is -2.32. The number of nitrogens with one attached hydrogen (secondary N) is 1. The van der Waals surface area contributed by atoms with E-state index in [4.69, 9.17) is 4.98 Å². The zero-order valence-electron chi connectivity index (χ0n) is 15.6. The van der Waals surface area contributed by atoms with Gasteiger partial charge in [0.25, 0.3) is 0 Å². The van der Waals surface area contributed by atoms with Gasteiger partial charge in [-0.15, -0.1) is 0 Å². The topological polar surface area (TPSA) is 44.8 Å². The van der Waals surface area contributed by atoms with Crippen molar-refractivity contribution in [3.8, 4) is 11.1 Å². The van der Waals surface area contributed by atoms with Crippen molar-refractivity contribution in [3.05, 3.63) is 83.6 Å². The Kier molecular flexibility index (Phi) is 3.80. The Balaban J connectivity index is 1.61. The molecule has 1 aliphatic heterocycles. The molecular weight excluding hydrogens is 332 g/mol. The molecule has 1 atom stereocenters. The lowest BCUT2D eigenvalue weighted by molar-refractivity contribution is 0.261. The van der Waals surface area contributed by atoms with E-state index in [1.165, 1.54) is 27.7 Å². The highest BCUT2D eigenvalue weighted by Crippen LogP contribution is 2.38. The van der Waals surface area contributed by atoms with E-state index in [1.807, 2.05) is 18.5 Å². The van der Waals surface area contributed by atoms with Crippen LogP contribution in [-0.4, -0.2) is 33.4 Å². The number of likely N-dealkylation sites (N-methyl/N-ethyl adjacent to an activating group) is 1. The number of hydrogen-bond donors (Lipinski definition) is 1. The number of benzene rings is 1. The van der Waals surface area contributed by atoms with Crippen molar-refractivity contribution in [1.82, 2.24) is 19.9 Å². The number of aryl methyl sites for hydroxylation is 1. The smallest absolute Gasteiger partial charge is 0.0797 e. The second-order valence-electron chi connectivity index (χ2n) is 7.41. The van der Waals surface area contributed by atoms with Crippen molar-refractivity contribution in [2.45, 2.75) is 19.4 Å². The number of pyridine rings is 2. The first-order valence-corrected chi connectivity index (χ1v) is 9.38. The van der Waals surface area contributed by atoms with Crippen molar-refractivity contribution in [1.29, 1.82) is 0 Å². The molecule has 3 aromatic heterocycles. The summed E-state index contributed by atoms with van der Waals surface area (Å²) in [5, 5.41) is 1.32. The van der Waals surface area contributed by atoms with Crippen LogP contribution in [0.15, 0.2) is 61.1 Å². The molecule has 0 radical (unpaired) electrons. The SMILES string of the molecule is Cc1ccc2[nH]c3c(c2c1)C(c1ccc(-c2cccnc2)cn1)N(C)CC3. The first-order valence-electron chi connectivity index (χ1n) is 9.38. The van der Waals surface area contributed by atoms with Gasteiger partial charge in [-0.1, -0.05) is 23.8 Å². The summed E-state index contributed by atoms with van der Waals surface area (Å²) >= 11 is 0. The normalized spacial score (nSPS) is 17.2. The largest absolute Gasteiger partial charge is 0.358 e. The maximum Gasteiger partial charge on any atom is 0.0797 e. The standard InChI is InChI=1S/C23H22N4/c1-15-5-7-19-18(12-15)22-20(26-19)9-11-27(2)23(22)21-8-6-17(14-25-21)16-4-3-10-24-13-16/h3-8,10,12-14,23,26H,9,11H2,1-2H3. The Bertz CT molecular complexity index is 1100. The Labute approximate surface area is 158 Å². The molecule has 0 spiro atoms. The molecule has 1 unspecified atom stereocenters. The fourth-order valence-corrected chi connectivity index (χ4v) is 4.17. The van der Waals surface area contributed by atoms with Crippen molar-refractivity contribution in [2.24, 2.45) is 0 Å². The Morgan fingerprint density at radius 1 is 1.07 bits per heavy atom. The van der Waals surface area contributed by atoms with Crippen LogP contribution in [0.25, 0.3) is 22.0 Å². The minimum absolute atomic E-state index is 0.173. The average Bonchev–Trinajstić information content (AvgIpc) is 3.07. The van der Waals surface area contributed by atoms with E-state index in [2.05, 4.69) is 65.2 Å². The van der Waals surface area contributed by atoms with Gasteiger partial charge in [0.1, 0.15) is 0 Å². The van der Waals surface area contributed by atoms with Gasteiger partial charge in [0.15, 0.2) is 0 Å². The minimum atomic E-state index is 0.173. The lowest BCUT2D eigenvalue weighted by atomic mass is 9.92. The van der Waals surface area contributed by atoms with Crippen LogP contribution >= 0.6 is 0 Å². The summed E-state index contributed by atoms with van der Waals surface area (Å²) in [5.74, 6) is 0. The summed E-state index contributed by atoms with van der Waals surface area (Å²) in [6.45, 7) is 3.18. The molecular formula is C23H22N4. The molecule has 0 fully saturated rings. The van der Waals surface area contributed by atoms with E-state index in [1.54, 1.807) is 6.20 Å². The average molecular weight is 354 g/mol. The number of fused-ring (bicyclic) bond motifs is 3. The second-order valence-corrected chi connectivity index (χ2v) is 7.41. The van der Waals surface area contributed by atoms with Crippen LogP contribution in [0.2, 0.25) is 0 Å². The highest BCUT2D eigenvalue weighted by Gasteiger charge is 2.30. The van der Waals surface area contributed by atoms with E-state index >= 15 is 0 Å². The van der Waals surface area contributed by atoms with E-state index in [-0.39, 0.29) is 6.04 Å². The van der Waals surface area contributed by atoms with Crippen molar-refractivity contribution >= 4 is 10.9 Å². The molecule has 5 rings (SSSR count). The molecule has 0 saturated heterocycles. The molecule has 0 aliphatic carbocycles. The first kappa shape index (κ1) is 16.2. The van der Waals surface area contributed by atoms with Gasteiger partial charge < -0.3 is 4.98 Å². The third-order valence-electron chi connectivity index (χ3n) is 5.57. The molecule has 4 heteroatoms. The van der Waals surface area contributed by atoms with Crippen LogP contribution in [0, 0.1) is 6.92 Å². The third kappa shape index (κ3) is 2.73. The summed E-state index contributed by atoms with van der Waals surface area (Å²) in [6.07, 6.45) is 6.69. The molecule has 1 N–H and O–H groups in total. The van der Waals surface area contributed by atoms with Crippen molar-refractivity contribution in [2.75, 3.05) is 13.6 Å². The number of aromatic amines is 1. The Hall–Kier alpha value is -2.98. The fourth-order valence-electron chi connectivity index (χ4n) is 4.17. The van der Waals surface area contributed by atoms with Crippen LogP contribution in [0.4, 0.5) is 0 Å². The molecule has 4 heterocycles. The van der Waals surface area contributed by atoms with E-state index in [0.717, 1.165) is 29.8 Å². The number of rotatable bonds is 2. The molecule has 0 saturated carbocycles. The number of hydrogen-bond acceptors (Lipinski definition) is 3. The summed E-state index contributed by atoms with van der Waals surface area (Å²) in [5.41, 5.74) is 8.51. The second kappa shape index (κ2) is 6.32. The summed E-state index contributed by atoms with van der Waals surface area (Å²) in [6, 6.07) is 15.2. The molecule has 1 aliphatic rings. The van der Waals surface area contributed by atoms with Gasteiger partial charge in [-0.25, -0.2) is 0 Å². The Morgan fingerprint density at radius 2 is 1.96 bits per heavy atom. The summed E-state index contributed by atoms with van der Waals surface area (Å²) < 4.78 is 0. The van der Waals surface area contributed by atoms with Crippen LogP contribution in [0.3, 0.4) is 0 Å².